The second-order valence-electron chi connectivity index (χ2n) is 3.26. The van der Waals surface area contributed by atoms with Gasteiger partial charge in [-0.2, -0.15) is 0 Å². The molecule has 0 heterocycles. The van der Waals surface area contributed by atoms with Crippen LogP contribution in [0.15, 0.2) is 33.9 Å². The van der Waals surface area contributed by atoms with Crippen LogP contribution in [0, 0.1) is 0 Å². The average molecular weight is 286 g/mol. The molecule has 0 saturated heterocycles. The molecule has 0 fully saturated rings. The first-order chi connectivity index (χ1) is 7.54. The van der Waals surface area contributed by atoms with Crippen molar-refractivity contribution in [3.8, 4) is 0 Å². The van der Waals surface area contributed by atoms with Gasteiger partial charge >= 0.3 is 0 Å². The van der Waals surface area contributed by atoms with Gasteiger partial charge in [0.1, 0.15) is 0 Å². The maximum Gasteiger partial charge on any atom is 0.254 e. The third-order valence-electron chi connectivity index (χ3n) is 1.95. The van der Waals surface area contributed by atoms with Gasteiger partial charge < -0.3 is 15.8 Å². The van der Waals surface area contributed by atoms with E-state index in [1.165, 1.54) is 4.90 Å². The van der Waals surface area contributed by atoms with Crippen LogP contribution in [0.4, 0.5) is 0 Å². The van der Waals surface area contributed by atoms with Crippen LogP contribution in [0.25, 0.3) is 0 Å². The Balaban J connectivity index is 2.78. The van der Waals surface area contributed by atoms with Gasteiger partial charge in [0.25, 0.3) is 5.91 Å². The monoisotopic (exact) mass is 285 g/mol. The molecule has 1 rings (SSSR count). The lowest BCUT2D eigenvalue weighted by Gasteiger charge is -2.16. The molecule has 0 aliphatic carbocycles. The number of likely N-dealkylation sites (N-methyl/N-ethyl adjacent to an activating group) is 1. The fraction of sp³-hybridized carbons (Fsp3) is 0.200. The SMILES string of the molecule is CN(CC(N)=NO)C(=O)c1cccc(Br)c1. The second-order valence-corrected chi connectivity index (χ2v) is 4.18. The van der Waals surface area contributed by atoms with E-state index in [1.807, 2.05) is 6.07 Å². The van der Waals surface area contributed by atoms with E-state index in [4.69, 9.17) is 10.9 Å². The summed E-state index contributed by atoms with van der Waals surface area (Å²) in [5, 5.41) is 11.2. The van der Waals surface area contributed by atoms with E-state index in [0.29, 0.717) is 5.56 Å². The van der Waals surface area contributed by atoms with Crippen LogP contribution in [0.2, 0.25) is 0 Å². The predicted octanol–water partition coefficient (Wildman–Crippen LogP) is 1.27. The second kappa shape index (κ2) is 5.50. The highest BCUT2D eigenvalue weighted by molar-refractivity contribution is 9.10. The number of carbonyl (C=O) groups is 1. The van der Waals surface area contributed by atoms with Crippen molar-refractivity contribution in [2.24, 2.45) is 10.9 Å². The van der Waals surface area contributed by atoms with Gasteiger partial charge in [0.05, 0.1) is 6.54 Å². The number of amides is 1. The minimum Gasteiger partial charge on any atom is -0.409 e. The zero-order valence-corrected chi connectivity index (χ0v) is 10.3. The molecule has 1 amide bonds. The highest BCUT2D eigenvalue weighted by Gasteiger charge is 2.12. The minimum absolute atomic E-state index is 0.00848. The lowest BCUT2D eigenvalue weighted by Crippen LogP contribution is -2.35. The first kappa shape index (κ1) is 12.5. The Bertz CT molecular complexity index is 420. The number of hydrogen-bond donors (Lipinski definition) is 2. The van der Waals surface area contributed by atoms with Crippen molar-refractivity contribution in [2.45, 2.75) is 0 Å². The third kappa shape index (κ3) is 3.23. The van der Waals surface area contributed by atoms with Crippen LogP contribution < -0.4 is 5.73 Å². The van der Waals surface area contributed by atoms with Gasteiger partial charge in [-0.05, 0) is 18.2 Å². The number of nitrogens with two attached hydrogens (primary N) is 1. The van der Waals surface area contributed by atoms with Gasteiger partial charge in [-0.15, -0.1) is 0 Å². The van der Waals surface area contributed by atoms with E-state index in [0.717, 1.165) is 4.47 Å². The first-order valence-electron chi connectivity index (χ1n) is 4.52. The number of halogens is 1. The van der Waals surface area contributed by atoms with Gasteiger partial charge in [-0.1, -0.05) is 27.2 Å². The molecule has 0 aliphatic rings. The zero-order chi connectivity index (χ0) is 12.1. The largest absolute Gasteiger partial charge is 0.409 e. The van der Waals surface area contributed by atoms with Crippen molar-refractivity contribution in [3.63, 3.8) is 0 Å². The Morgan fingerprint density at radius 1 is 1.62 bits per heavy atom. The number of hydrogen-bond acceptors (Lipinski definition) is 3. The standard InChI is InChI=1S/C10H12BrN3O2/c1-14(6-9(12)13-16)10(15)7-3-2-4-8(11)5-7/h2-5,16H,6H2,1H3,(H2,12,13). The van der Waals surface area contributed by atoms with E-state index in [-0.39, 0.29) is 18.3 Å². The molecule has 5 nitrogen and oxygen atoms in total. The molecular weight excluding hydrogens is 274 g/mol. The van der Waals surface area contributed by atoms with E-state index in [2.05, 4.69) is 21.1 Å². The van der Waals surface area contributed by atoms with E-state index < -0.39 is 0 Å². The summed E-state index contributed by atoms with van der Waals surface area (Å²) >= 11 is 3.28. The molecule has 0 saturated carbocycles. The molecule has 0 unspecified atom stereocenters. The molecule has 0 bridgehead atoms. The number of carbonyl (C=O) groups excluding carboxylic acids is 1. The molecule has 6 heteroatoms. The van der Waals surface area contributed by atoms with Crippen molar-refractivity contribution in [1.82, 2.24) is 4.90 Å². The molecule has 86 valence electrons. The van der Waals surface area contributed by atoms with E-state index in [1.54, 1.807) is 25.2 Å². The molecule has 1 aromatic rings. The van der Waals surface area contributed by atoms with Gasteiger partial charge in [0.2, 0.25) is 0 Å². The van der Waals surface area contributed by atoms with Gasteiger partial charge in [-0.3, -0.25) is 4.79 Å². The van der Waals surface area contributed by atoms with E-state index in [9.17, 15) is 4.79 Å². The molecule has 0 aromatic heterocycles. The number of amidine groups is 1. The fourth-order valence-electron chi connectivity index (χ4n) is 1.19. The first-order valence-corrected chi connectivity index (χ1v) is 5.31. The molecule has 0 spiro atoms. The van der Waals surface area contributed by atoms with Gasteiger partial charge in [0, 0.05) is 17.1 Å². The Kier molecular flexibility index (Phi) is 4.30. The summed E-state index contributed by atoms with van der Waals surface area (Å²) in [6, 6.07) is 7.02. The quantitative estimate of drug-likeness (QED) is 0.380. The van der Waals surface area contributed by atoms with Crippen LogP contribution in [0.5, 0.6) is 0 Å². The average Bonchev–Trinajstić information content (AvgIpc) is 2.27. The Labute approximate surface area is 102 Å². The molecule has 1 aromatic carbocycles. The van der Waals surface area contributed by atoms with Crippen molar-refractivity contribution in [3.05, 3.63) is 34.3 Å². The molecule has 0 radical (unpaired) electrons. The zero-order valence-electron chi connectivity index (χ0n) is 8.72. The summed E-state index contributed by atoms with van der Waals surface area (Å²) in [6.45, 7) is 0.0852. The van der Waals surface area contributed by atoms with Gasteiger partial charge in [-0.25, -0.2) is 0 Å². The highest BCUT2D eigenvalue weighted by atomic mass is 79.9. The number of oxime groups is 1. The normalized spacial score (nSPS) is 11.2. The summed E-state index contributed by atoms with van der Waals surface area (Å²) in [6.07, 6.45) is 0. The summed E-state index contributed by atoms with van der Waals surface area (Å²) in [5.74, 6) is -0.196. The van der Waals surface area contributed by atoms with Crippen molar-refractivity contribution < 1.29 is 10.0 Å². The van der Waals surface area contributed by atoms with Crippen LogP contribution in [-0.2, 0) is 0 Å². The van der Waals surface area contributed by atoms with Crippen LogP contribution in [-0.4, -0.2) is 35.4 Å². The Hall–Kier alpha value is -1.56. The smallest absolute Gasteiger partial charge is 0.254 e. The minimum atomic E-state index is -0.187. The Morgan fingerprint density at radius 3 is 2.88 bits per heavy atom. The van der Waals surface area contributed by atoms with Crippen LogP contribution in [0.1, 0.15) is 10.4 Å². The summed E-state index contributed by atoms with van der Waals surface area (Å²) in [4.78, 5) is 13.2. The van der Waals surface area contributed by atoms with Crippen molar-refractivity contribution >= 4 is 27.7 Å². The lowest BCUT2D eigenvalue weighted by atomic mass is 10.2. The molecular formula is C10H12BrN3O2. The molecule has 0 atom stereocenters. The molecule has 3 N–H and O–H groups in total. The fourth-order valence-corrected chi connectivity index (χ4v) is 1.59. The summed E-state index contributed by atoms with van der Waals surface area (Å²) in [5.41, 5.74) is 5.86. The van der Waals surface area contributed by atoms with Crippen molar-refractivity contribution in [1.29, 1.82) is 0 Å². The number of benzene rings is 1. The molecule has 16 heavy (non-hydrogen) atoms. The van der Waals surface area contributed by atoms with Gasteiger partial charge in [0.15, 0.2) is 5.84 Å². The predicted molar refractivity (Wildman–Crippen MR) is 64.5 cm³/mol. The Morgan fingerprint density at radius 2 is 2.31 bits per heavy atom. The third-order valence-corrected chi connectivity index (χ3v) is 2.44. The number of nitrogens with zero attached hydrogens (tertiary/aromatic N) is 2. The summed E-state index contributed by atoms with van der Waals surface area (Å²) < 4.78 is 0.829. The maximum atomic E-state index is 11.9. The molecule has 0 aliphatic heterocycles. The highest BCUT2D eigenvalue weighted by Crippen LogP contribution is 2.12. The lowest BCUT2D eigenvalue weighted by molar-refractivity contribution is 0.0813. The van der Waals surface area contributed by atoms with Crippen LogP contribution >= 0.6 is 15.9 Å². The van der Waals surface area contributed by atoms with Crippen LogP contribution in [0.3, 0.4) is 0 Å². The summed E-state index contributed by atoms with van der Waals surface area (Å²) in [7, 11) is 1.58. The topological polar surface area (TPSA) is 78.9 Å². The van der Waals surface area contributed by atoms with Crippen molar-refractivity contribution in [2.75, 3.05) is 13.6 Å². The maximum absolute atomic E-state index is 11.9. The number of rotatable bonds is 3. The van der Waals surface area contributed by atoms with E-state index >= 15 is 0 Å².